The van der Waals surface area contributed by atoms with Crippen molar-refractivity contribution in [3.63, 3.8) is 0 Å². The second kappa shape index (κ2) is 16.9. The van der Waals surface area contributed by atoms with E-state index in [0.29, 0.717) is 6.61 Å². The van der Waals surface area contributed by atoms with Crippen LogP contribution >= 0.6 is 0 Å². The van der Waals surface area contributed by atoms with Gasteiger partial charge in [-0.1, -0.05) is 84.9 Å². The number of hydrogen-bond acceptors (Lipinski definition) is 6. The van der Waals surface area contributed by atoms with Gasteiger partial charge in [0.05, 0.1) is 12.7 Å². The lowest BCUT2D eigenvalue weighted by atomic mass is 9.98. The Balaban J connectivity index is 1.56. The second-order valence-electron chi connectivity index (χ2n) is 11.8. The number of carbonyl (C=O) groups is 3. The molecule has 0 aromatic heterocycles. The predicted molar refractivity (Wildman–Crippen MR) is 175 cm³/mol. The maximum absolute atomic E-state index is 14.3. The van der Waals surface area contributed by atoms with E-state index < -0.39 is 18.2 Å². The summed E-state index contributed by atoms with van der Waals surface area (Å²) in [5.41, 5.74) is 3.91. The molecule has 3 amide bonds. The fraction of sp³-hybridized carbons (Fsp3) is 0.417. The van der Waals surface area contributed by atoms with Crippen LogP contribution in [0.1, 0.15) is 30.9 Å². The van der Waals surface area contributed by atoms with E-state index in [1.54, 1.807) is 21.0 Å². The smallest absolute Gasteiger partial charge is 0.249 e. The van der Waals surface area contributed by atoms with E-state index in [4.69, 9.17) is 4.74 Å². The molecule has 0 radical (unpaired) electrons. The van der Waals surface area contributed by atoms with Crippen molar-refractivity contribution in [2.24, 2.45) is 0 Å². The van der Waals surface area contributed by atoms with Crippen molar-refractivity contribution in [2.75, 3.05) is 40.4 Å². The number of carbonyl (C=O) groups excluding carboxylic acids is 3. The van der Waals surface area contributed by atoms with Crippen LogP contribution in [-0.2, 0) is 32.0 Å². The van der Waals surface area contributed by atoms with Crippen LogP contribution < -0.4 is 10.6 Å². The molecule has 3 aromatic rings. The summed E-state index contributed by atoms with van der Waals surface area (Å²) in [6.07, 6.45) is 1.90. The van der Waals surface area contributed by atoms with Gasteiger partial charge in [0.2, 0.25) is 17.7 Å². The third-order valence-corrected chi connectivity index (χ3v) is 8.30. The number of aliphatic hydroxyl groups is 1. The van der Waals surface area contributed by atoms with Crippen molar-refractivity contribution >= 4 is 17.7 Å². The van der Waals surface area contributed by atoms with Gasteiger partial charge in [0.15, 0.2) is 0 Å². The van der Waals surface area contributed by atoms with Crippen LogP contribution in [0.2, 0.25) is 0 Å². The molecule has 1 fully saturated rings. The standard InChI is InChI=1S/C36H46N4O5/c1-26(41)23-38-35(43)32(21-27-11-6-4-7-12-27)40(3)36(44)33(39(2)34(42)25-45-24-31-15-10-20-37-31)22-28-16-18-30(19-17-28)29-13-8-5-9-14-29/h4-9,11-14,16-19,26,31-33,37,41H,10,15,20-25H2,1-3H3,(H,38,43). The first-order chi connectivity index (χ1) is 21.7. The van der Waals surface area contributed by atoms with E-state index in [2.05, 4.69) is 10.6 Å². The average molecular weight is 615 g/mol. The van der Waals surface area contributed by atoms with Gasteiger partial charge < -0.3 is 30.3 Å². The summed E-state index contributed by atoms with van der Waals surface area (Å²) in [5.74, 6) is -1.04. The van der Waals surface area contributed by atoms with Gasteiger partial charge in [0, 0.05) is 39.5 Å². The van der Waals surface area contributed by atoms with Gasteiger partial charge in [-0.05, 0) is 48.6 Å². The van der Waals surface area contributed by atoms with Crippen molar-refractivity contribution < 1.29 is 24.2 Å². The van der Waals surface area contributed by atoms with E-state index in [9.17, 15) is 19.5 Å². The van der Waals surface area contributed by atoms with E-state index in [1.807, 2.05) is 84.9 Å². The number of ether oxygens (including phenoxy) is 1. The van der Waals surface area contributed by atoms with Gasteiger partial charge in [-0.15, -0.1) is 0 Å². The Morgan fingerprint density at radius 1 is 0.867 bits per heavy atom. The molecule has 4 atom stereocenters. The number of nitrogens with one attached hydrogen (secondary N) is 2. The number of benzene rings is 3. The molecular weight excluding hydrogens is 568 g/mol. The largest absolute Gasteiger partial charge is 0.392 e. The van der Waals surface area contributed by atoms with Crippen LogP contribution in [0.5, 0.6) is 0 Å². The third kappa shape index (κ3) is 9.97. The van der Waals surface area contributed by atoms with Crippen LogP contribution in [-0.4, -0.2) is 97.3 Å². The van der Waals surface area contributed by atoms with Crippen molar-refractivity contribution in [2.45, 2.75) is 56.8 Å². The highest BCUT2D eigenvalue weighted by Gasteiger charge is 2.35. The molecule has 240 valence electrons. The van der Waals surface area contributed by atoms with Crippen molar-refractivity contribution in [3.05, 3.63) is 96.1 Å². The Bertz CT molecular complexity index is 1360. The molecule has 0 aliphatic carbocycles. The van der Waals surface area contributed by atoms with Crippen molar-refractivity contribution in [1.29, 1.82) is 0 Å². The molecule has 1 heterocycles. The summed E-state index contributed by atoms with van der Waals surface area (Å²) < 4.78 is 5.76. The fourth-order valence-electron chi connectivity index (χ4n) is 5.54. The van der Waals surface area contributed by atoms with Crippen molar-refractivity contribution in [3.8, 4) is 11.1 Å². The Kier molecular flexibility index (Phi) is 12.7. The summed E-state index contributed by atoms with van der Waals surface area (Å²) in [6, 6.07) is 26.0. The fourth-order valence-corrected chi connectivity index (χ4v) is 5.54. The number of likely N-dealkylation sites (N-methyl/N-ethyl adjacent to an activating group) is 2. The summed E-state index contributed by atoms with van der Waals surface area (Å²) in [5, 5.41) is 15.9. The molecule has 4 rings (SSSR count). The van der Waals surface area contributed by atoms with Crippen LogP contribution in [0.4, 0.5) is 0 Å². The quantitative estimate of drug-likeness (QED) is 0.243. The summed E-state index contributed by atoms with van der Waals surface area (Å²) in [7, 11) is 3.22. The zero-order valence-electron chi connectivity index (χ0n) is 26.5. The van der Waals surface area contributed by atoms with Gasteiger partial charge in [0.25, 0.3) is 0 Å². The van der Waals surface area contributed by atoms with Crippen molar-refractivity contribution in [1.82, 2.24) is 20.4 Å². The van der Waals surface area contributed by atoms with E-state index >= 15 is 0 Å². The van der Waals surface area contributed by atoms with Gasteiger partial charge in [-0.2, -0.15) is 0 Å². The van der Waals surface area contributed by atoms with Gasteiger partial charge >= 0.3 is 0 Å². The van der Waals surface area contributed by atoms with E-state index in [1.165, 1.54) is 9.80 Å². The number of nitrogens with zero attached hydrogens (tertiary/aromatic N) is 2. The van der Waals surface area contributed by atoms with Gasteiger partial charge in [-0.25, -0.2) is 0 Å². The average Bonchev–Trinajstić information content (AvgIpc) is 3.59. The molecule has 1 saturated heterocycles. The highest BCUT2D eigenvalue weighted by Crippen LogP contribution is 2.21. The minimum atomic E-state index is -0.874. The molecule has 4 unspecified atom stereocenters. The number of amides is 3. The zero-order valence-corrected chi connectivity index (χ0v) is 26.5. The highest BCUT2D eigenvalue weighted by atomic mass is 16.5. The number of rotatable bonds is 15. The van der Waals surface area contributed by atoms with E-state index in [0.717, 1.165) is 41.6 Å². The molecule has 0 spiro atoms. The molecule has 3 aromatic carbocycles. The third-order valence-electron chi connectivity index (χ3n) is 8.30. The monoisotopic (exact) mass is 614 g/mol. The van der Waals surface area contributed by atoms with E-state index in [-0.39, 0.29) is 49.8 Å². The van der Waals surface area contributed by atoms with Crippen LogP contribution in [0.3, 0.4) is 0 Å². The topological polar surface area (TPSA) is 111 Å². The molecule has 45 heavy (non-hydrogen) atoms. The SMILES string of the molecule is CC(O)CNC(=O)C(Cc1ccccc1)N(C)C(=O)C(Cc1ccc(-c2ccccc2)cc1)N(C)C(=O)COCC1CCCN1. The molecule has 0 bridgehead atoms. The lowest BCUT2D eigenvalue weighted by molar-refractivity contribution is -0.149. The molecule has 3 N–H and O–H groups in total. The normalized spacial score (nSPS) is 16.4. The first kappa shape index (κ1) is 33.8. The Labute approximate surface area is 266 Å². The van der Waals surface area contributed by atoms with Crippen LogP contribution in [0, 0.1) is 0 Å². The zero-order chi connectivity index (χ0) is 32.2. The minimum Gasteiger partial charge on any atom is -0.392 e. The summed E-state index contributed by atoms with van der Waals surface area (Å²) in [6.45, 7) is 2.89. The van der Waals surface area contributed by atoms with Crippen LogP contribution in [0.15, 0.2) is 84.9 Å². The molecule has 9 heteroatoms. The van der Waals surface area contributed by atoms with Gasteiger partial charge in [0.1, 0.15) is 18.7 Å². The Hall–Kier alpha value is -4.05. The number of aliphatic hydroxyl groups excluding tert-OH is 1. The summed E-state index contributed by atoms with van der Waals surface area (Å²) in [4.78, 5) is 44.0. The first-order valence-electron chi connectivity index (χ1n) is 15.7. The Morgan fingerprint density at radius 3 is 2.09 bits per heavy atom. The van der Waals surface area contributed by atoms with Gasteiger partial charge in [-0.3, -0.25) is 14.4 Å². The number of hydrogen-bond donors (Lipinski definition) is 3. The molecule has 0 saturated carbocycles. The minimum absolute atomic E-state index is 0.0644. The molecule has 1 aliphatic rings. The lowest BCUT2D eigenvalue weighted by Crippen LogP contribution is -2.56. The maximum atomic E-state index is 14.3. The lowest BCUT2D eigenvalue weighted by Gasteiger charge is -2.34. The first-order valence-corrected chi connectivity index (χ1v) is 15.7. The van der Waals surface area contributed by atoms with Crippen LogP contribution in [0.25, 0.3) is 11.1 Å². The second-order valence-corrected chi connectivity index (χ2v) is 11.8. The molecular formula is C36H46N4O5. The highest BCUT2D eigenvalue weighted by molar-refractivity contribution is 5.92. The summed E-state index contributed by atoms with van der Waals surface area (Å²) >= 11 is 0. The predicted octanol–water partition coefficient (Wildman–Crippen LogP) is 3.06. The Morgan fingerprint density at radius 2 is 1.47 bits per heavy atom. The molecule has 9 nitrogen and oxygen atoms in total. The maximum Gasteiger partial charge on any atom is 0.249 e. The molecule has 1 aliphatic heterocycles.